The number of para-hydroxylation sites is 1. The van der Waals surface area contributed by atoms with Gasteiger partial charge in [0, 0.05) is 31.3 Å². The summed E-state index contributed by atoms with van der Waals surface area (Å²) in [6.07, 6.45) is 1.31. The van der Waals surface area contributed by atoms with E-state index in [1.54, 1.807) is 6.07 Å². The fraction of sp³-hybridized carbons (Fsp3) is 0.333. The number of aliphatic hydroxyl groups is 1. The van der Waals surface area contributed by atoms with Gasteiger partial charge in [0.1, 0.15) is 5.82 Å². The van der Waals surface area contributed by atoms with Crippen LogP contribution >= 0.6 is 0 Å². The molecule has 4 nitrogen and oxygen atoms in total. The first-order chi connectivity index (χ1) is 12.7. The van der Waals surface area contributed by atoms with Crippen LogP contribution in [0.2, 0.25) is 0 Å². The molecular formula is C21H23FN2O2. The summed E-state index contributed by atoms with van der Waals surface area (Å²) in [5.41, 5.74) is 1.80. The van der Waals surface area contributed by atoms with Crippen molar-refractivity contribution in [3.63, 3.8) is 0 Å². The Hall–Kier alpha value is -2.21. The van der Waals surface area contributed by atoms with E-state index in [0.29, 0.717) is 19.8 Å². The van der Waals surface area contributed by atoms with E-state index >= 15 is 0 Å². The normalized spacial score (nSPS) is 18.1. The van der Waals surface area contributed by atoms with Crippen LogP contribution < -0.4 is 0 Å². The molecule has 1 aliphatic heterocycles. The van der Waals surface area contributed by atoms with Crippen LogP contribution in [0.25, 0.3) is 10.9 Å². The summed E-state index contributed by atoms with van der Waals surface area (Å²) in [4.78, 5) is 2.20. The minimum Gasteiger partial charge on any atom is -0.389 e. The first kappa shape index (κ1) is 17.2. The quantitative estimate of drug-likeness (QED) is 0.765. The van der Waals surface area contributed by atoms with Gasteiger partial charge in [-0.05, 0) is 35.2 Å². The predicted molar refractivity (Wildman–Crippen MR) is 99.7 cm³/mol. The first-order valence-corrected chi connectivity index (χ1v) is 9.01. The molecule has 2 unspecified atom stereocenters. The summed E-state index contributed by atoms with van der Waals surface area (Å²) < 4.78 is 21.3. The van der Waals surface area contributed by atoms with E-state index < -0.39 is 6.10 Å². The van der Waals surface area contributed by atoms with Gasteiger partial charge < -0.3 is 14.4 Å². The van der Waals surface area contributed by atoms with Crippen LogP contribution in [-0.2, 0) is 4.74 Å². The van der Waals surface area contributed by atoms with Gasteiger partial charge in [0.05, 0.1) is 25.4 Å². The zero-order valence-electron chi connectivity index (χ0n) is 14.6. The molecule has 26 heavy (non-hydrogen) atoms. The second kappa shape index (κ2) is 7.58. The number of morpholine rings is 1. The molecule has 0 spiro atoms. The standard InChI is InChI=1S/C21H23FN2O2/c22-18-6-3-5-17(14-18)21(20(25)15-23-10-12-26-13-11-23)24-9-8-16-4-1-2-7-19(16)24/h1-9,14,20-21,25H,10-13,15H2. The number of halogens is 1. The summed E-state index contributed by atoms with van der Waals surface area (Å²) in [5, 5.41) is 12.2. The molecule has 1 aromatic heterocycles. The van der Waals surface area contributed by atoms with Gasteiger partial charge in [-0.25, -0.2) is 4.39 Å². The second-order valence-corrected chi connectivity index (χ2v) is 6.76. The Balaban J connectivity index is 1.71. The number of hydrogen-bond donors (Lipinski definition) is 1. The number of benzene rings is 2. The fourth-order valence-electron chi connectivity index (χ4n) is 3.75. The molecule has 1 N–H and O–H groups in total. The summed E-state index contributed by atoms with van der Waals surface area (Å²) in [5.74, 6) is -0.289. The van der Waals surface area contributed by atoms with E-state index in [1.807, 2.05) is 42.6 Å². The molecule has 3 aromatic rings. The van der Waals surface area contributed by atoms with Crippen molar-refractivity contribution in [3.05, 3.63) is 72.2 Å². The average Bonchev–Trinajstić information content (AvgIpc) is 3.07. The predicted octanol–water partition coefficient (Wildman–Crippen LogP) is 3.06. The summed E-state index contributed by atoms with van der Waals surface area (Å²) in [6, 6.07) is 16.3. The molecule has 2 aromatic carbocycles. The monoisotopic (exact) mass is 354 g/mol. The average molecular weight is 354 g/mol. The summed E-state index contributed by atoms with van der Waals surface area (Å²) in [6.45, 7) is 3.50. The highest BCUT2D eigenvalue weighted by molar-refractivity contribution is 5.80. The molecule has 5 heteroatoms. The Morgan fingerprint density at radius 1 is 1.04 bits per heavy atom. The molecule has 0 amide bonds. The van der Waals surface area contributed by atoms with Crippen molar-refractivity contribution in [2.45, 2.75) is 12.1 Å². The maximum absolute atomic E-state index is 13.9. The topological polar surface area (TPSA) is 37.6 Å². The third kappa shape index (κ3) is 3.51. The second-order valence-electron chi connectivity index (χ2n) is 6.76. The number of aromatic nitrogens is 1. The third-order valence-electron chi connectivity index (χ3n) is 5.03. The summed E-state index contributed by atoms with van der Waals surface area (Å²) >= 11 is 0. The van der Waals surface area contributed by atoms with Crippen molar-refractivity contribution < 1.29 is 14.2 Å². The van der Waals surface area contributed by atoms with E-state index in [9.17, 15) is 9.50 Å². The van der Waals surface area contributed by atoms with Gasteiger partial charge in [-0.15, -0.1) is 0 Å². The van der Waals surface area contributed by atoms with Gasteiger partial charge in [-0.1, -0.05) is 30.3 Å². The van der Waals surface area contributed by atoms with E-state index in [2.05, 4.69) is 9.47 Å². The number of aliphatic hydroxyl groups excluding tert-OH is 1. The Kier molecular flexibility index (Phi) is 5.02. The number of fused-ring (bicyclic) bond motifs is 1. The maximum Gasteiger partial charge on any atom is 0.123 e. The van der Waals surface area contributed by atoms with Gasteiger partial charge in [-0.2, -0.15) is 0 Å². The Morgan fingerprint density at radius 2 is 1.85 bits per heavy atom. The van der Waals surface area contributed by atoms with E-state index in [4.69, 9.17) is 4.74 Å². The molecule has 0 bridgehead atoms. The molecule has 2 atom stereocenters. The lowest BCUT2D eigenvalue weighted by atomic mass is 10.00. The number of nitrogens with zero attached hydrogens (tertiary/aromatic N) is 2. The number of ether oxygens (including phenoxy) is 1. The first-order valence-electron chi connectivity index (χ1n) is 9.01. The van der Waals surface area contributed by atoms with Crippen molar-refractivity contribution >= 4 is 10.9 Å². The lowest BCUT2D eigenvalue weighted by molar-refractivity contribution is 0.00700. The minimum atomic E-state index is -0.661. The molecule has 136 valence electrons. The smallest absolute Gasteiger partial charge is 0.123 e. The maximum atomic E-state index is 13.9. The number of hydrogen-bond acceptors (Lipinski definition) is 3. The number of rotatable bonds is 5. The van der Waals surface area contributed by atoms with Crippen molar-refractivity contribution in [1.29, 1.82) is 0 Å². The Morgan fingerprint density at radius 3 is 2.65 bits per heavy atom. The van der Waals surface area contributed by atoms with Crippen LogP contribution in [0.5, 0.6) is 0 Å². The highest BCUT2D eigenvalue weighted by Gasteiger charge is 2.27. The molecule has 1 aliphatic rings. The van der Waals surface area contributed by atoms with Crippen molar-refractivity contribution in [1.82, 2.24) is 9.47 Å². The minimum absolute atomic E-state index is 0.289. The lowest BCUT2D eigenvalue weighted by Gasteiger charge is -2.33. The molecule has 2 heterocycles. The molecule has 0 saturated carbocycles. The SMILES string of the molecule is OC(CN1CCOCC1)C(c1cccc(F)c1)n1ccc2ccccc21. The molecule has 1 saturated heterocycles. The van der Waals surface area contributed by atoms with Gasteiger partial charge >= 0.3 is 0 Å². The van der Waals surface area contributed by atoms with Gasteiger partial charge in [0.2, 0.25) is 0 Å². The van der Waals surface area contributed by atoms with Crippen LogP contribution in [0, 0.1) is 5.82 Å². The van der Waals surface area contributed by atoms with Crippen molar-refractivity contribution in [2.75, 3.05) is 32.8 Å². The third-order valence-corrected chi connectivity index (χ3v) is 5.03. The molecular weight excluding hydrogens is 331 g/mol. The fourth-order valence-corrected chi connectivity index (χ4v) is 3.75. The molecule has 0 radical (unpaired) electrons. The van der Waals surface area contributed by atoms with Crippen molar-refractivity contribution in [3.8, 4) is 0 Å². The zero-order valence-corrected chi connectivity index (χ0v) is 14.6. The van der Waals surface area contributed by atoms with Crippen molar-refractivity contribution in [2.24, 2.45) is 0 Å². The zero-order chi connectivity index (χ0) is 17.9. The van der Waals surface area contributed by atoms with Gasteiger partial charge in [0.15, 0.2) is 0 Å². The van der Waals surface area contributed by atoms with E-state index in [0.717, 1.165) is 29.6 Å². The Labute approximate surface area is 152 Å². The summed E-state index contributed by atoms with van der Waals surface area (Å²) in [7, 11) is 0. The van der Waals surface area contributed by atoms with E-state index in [-0.39, 0.29) is 11.9 Å². The molecule has 1 fully saturated rings. The van der Waals surface area contributed by atoms with Gasteiger partial charge in [0.25, 0.3) is 0 Å². The lowest BCUT2D eigenvalue weighted by Crippen LogP contribution is -2.43. The van der Waals surface area contributed by atoms with E-state index in [1.165, 1.54) is 12.1 Å². The largest absolute Gasteiger partial charge is 0.389 e. The van der Waals surface area contributed by atoms with Crippen LogP contribution in [0.1, 0.15) is 11.6 Å². The number of β-amino-alcohol motifs (C(OH)–C–C–N with tert-alkyl or cyclic N) is 1. The highest BCUT2D eigenvalue weighted by Crippen LogP contribution is 2.29. The highest BCUT2D eigenvalue weighted by atomic mass is 19.1. The van der Waals surface area contributed by atoms with Crippen LogP contribution in [0.3, 0.4) is 0 Å². The van der Waals surface area contributed by atoms with Crippen LogP contribution in [0.4, 0.5) is 4.39 Å². The van der Waals surface area contributed by atoms with Crippen LogP contribution in [-0.4, -0.2) is 53.5 Å². The Bertz CT molecular complexity index is 873. The molecule has 0 aliphatic carbocycles. The van der Waals surface area contributed by atoms with Crippen LogP contribution in [0.15, 0.2) is 60.8 Å². The van der Waals surface area contributed by atoms with Gasteiger partial charge in [-0.3, -0.25) is 4.90 Å². The molecule has 4 rings (SSSR count).